The van der Waals surface area contributed by atoms with Crippen LogP contribution in [-0.2, 0) is 0 Å². The van der Waals surface area contributed by atoms with Crippen LogP contribution >= 0.6 is 0 Å². The first-order valence-corrected chi connectivity index (χ1v) is 5.28. The van der Waals surface area contributed by atoms with Gasteiger partial charge in [0.05, 0.1) is 5.60 Å². The smallest absolute Gasteiger partial charge is 0.0650 e. The van der Waals surface area contributed by atoms with E-state index in [4.69, 9.17) is 0 Å². The lowest BCUT2D eigenvalue weighted by Crippen LogP contribution is -2.29. The summed E-state index contributed by atoms with van der Waals surface area (Å²) in [4.78, 5) is 0. The summed E-state index contributed by atoms with van der Waals surface area (Å²) >= 11 is 0. The van der Waals surface area contributed by atoms with Gasteiger partial charge in [0.15, 0.2) is 0 Å². The van der Waals surface area contributed by atoms with Crippen molar-refractivity contribution in [3.63, 3.8) is 0 Å². The molecule has 12 heavy (non-hydrogen) atoms. The zero-order valence-electron chi connectivity index (χ0n) is 8.64. The molecule has 1 N–H and O–H groups in total. The molecule has 0 aromatic heterocycles. The van der Waals surface area contributed by atoms with Crippen molar-refractivity contribution in [2.24, 2.45) is 11.8 Å². The summed E-state index contributed by atoms with van der Waals surface area (Å²) in [5, 5.41) is 10.1. The number of hydrogen-bond donors (Lipinski definition) is 1. The molecular weight excluding hydrogens is 148 g/mol. The lowest BCUT2D eigenvalue weighted by molar-refractivity contribution is 0.0132. The summed E-state index contributed by atoms with van der Waals surface area (Å²) in [5.74, 6) is 1.29. The van der Waals surface area contributed by atoms with Gasteiger partial charge in [0.25, 0.3) is 0 Å². The fraction of sp³-hybridized carbons (Fsp3) is 1.00. The molecule has 1 fully saturated rings. The quantitative estimate of drug-likeness (QED) is 0.672. The Morgan fingerprint density at radius 2 is 2.08 bits per heavy atom. The predicted molar refractivity (Wildman–Crippen MR) is 52.0 cm³/mol. The van der Waals surface area contributed by atoms with E-state index in [0.29, 0.717) is 11.8 Å². The summed E-state index contributed by atoms with van der Waals surface area (Å²) in [7, 11) is 0. The van der Waals surface area contributed by atoms with E-state index in [0.717, 1.165) is 6.42 Å². The van der Waals surface area contributed by atoms with Crippen LogP contribution in [0.1, 0.15) is 52.9 Å². The first-order chi connectivity index (χ1) is 5.56. The lowest BCUT2D eigenvalue weighted by atomic mass is 9.87. The van der Waals surface area contributed by atoms with Crippen LogP contribution in [0.2, 0.25) is 0 Å². The molecule has 1 aliphatic rings. The van der Waals surface area contributed by atoms with E-state index in [1.807, 2.05) is 6.92 Å². The molecule has 1 saturated carbocycles. The Kier molecular flexibility index (Phi) is 3.16. The van der Waals surface area contributed by atoms with E-state index in [1.54, 1.807) is 0 Å². The van der Waals surface area contributed by atoms with Crippen molar-refractivity contribution in [3.8, 4) is 0 Å². The third-order valence-electron chi connectivity index (χ3n) is 3.00. The standard InChI is InChI=1S/C11H22O/c1-4-5-9(2)8-11(3,12)10-6-7-10/h9-10,12H,4-8H2,1-3H3. The van der Waals surface area contributed by atoms with E-state index >= 15 is 0 Å². The molecule has 0 heterocycles. The van der Waals surface area contributed by atoms with Crippen LogP contribution in [0.25, 0.3) is 0 Å². The molecule has 0 bridgehead atoms. The van der Waals surface area contributed by atoms with Gasteiger partial charge in [0.2, 0.25) is 0 Å². The van der Waals surface area contributed by atoms with E-state index in [9.17, 15) is 5.11 Å². The zero-order valence-corrected chi connectivity index (χ0v) is 8.64. The fourth-order valence-corrected chi connectivity index (χ4v) is 2.17. The Morgan fingerprint density at radius 3 is 2.50 bits per heavy atom. The minimum atomic E-state index is -0.366. The third-order valence-corrected chi connectivity index (χ3v) is 3.00. The molecule has 1 heteroatoms. The maximum absolute atomic E-state index is 10.1. The zero-order chi connectivity index (χ0) is 9.19. The Bertz CT molecular complexity index is 136. The molecule has 0 saturated heterocycles. The van der Waals surface area contributed by atoms with E-state index in [1.165, 1.54) is 25.7 Å². The molecule has 0 aliphatic heterocycles. The van der Waals surface area contributed by atoms with Crippen molar-refractivity contribution < 1.29 is 5.11 Å². The molecule has 1 nitrogen and oxygen atoms in total. The van der Waals surface area contributed by atoms with Gasteiger partial charge in [0, 0.05) is 0 Å². The number of rotatable bonds is 5. The molecular formula is C11H22O. The molecule has 2 atom stereocenters. The average molecular weight is 170 g/mol. The number of hydrogen-bond acceptors (Lipinski definition) is 1. The van der Waals surface area contributed by atoms with Crippen molar-refractivity contribution in [1.82, 2.24) is 0 Å². The SMILES string of the molecule is CCCC(C)CC(C)(O)C1CC1. The van der Waals surface area contributed by atoms with Gasteiger partial charge in [-0.1, -0.05) is 26.7 Å². The molecule has 2 unspecified atom stereocenters. The first-order valence-electron chi connectivity index (χ1n) is 5.28. The Morgan fingerprint density at radius 1 is 1.50 bits per heavy atom. The second-order valence-electron chi connectivity index (χ2n) is 4.73. The normalized spacial score (nSPS) is 25.0. The Labute approximate surface area is 76.2 Å². The summed E-state index contributed by atoms with van der Waals surface area (Å²) < 4.78 is 0. The monoisotopic (exact) mass is 170 g/mol. The number of aliphatic hydroxyl groups is 1. The van der Waals surface area contributed by atoms with Crippen molar-refractivity contribution in [2.75, 3.05) is 0 Å². The van der Waals surface area contributed by atoms with Crippen LogP contribution in [0.15, 0.2) is 0 Å². The third kappa shape index (κ3) is 2.78. The lowest BCUT2D eigenvalue weighted by Gasteiger charge is -2.26. The minimum Gasteiger partial charge on any atom is -0.390 e. The van der Waals surface area contributed by atoms with Crippen LogP contribution in [0.4, 0.5) is 0 Å². The van der Waals surface area contributed by atoms with Crippen molar-refractivity contribution in [1.29, 1.82) is 0 Å². The summed E-state index contributed by atoms with van der Waals surface area (Å²) in [5.41, 5.74) is -0.366. The molecule has 0 amide bonds. The highest BCUT2D eigenvalue weighted by Crippen LogP contribution is 2.42. The van der Waals surface area contributed by atoms with Crippen LogP contribution in [0, 0.1) is 11.8 Å². The van der Waals surface area contributed by atoms with Crippen LogP contribution < -0.4 is 0 Å². The highest BCUT2D eigenvalue weighted by atomic mass is 16.3. The van der Waals surface area contributed by atoms with Crippen molar-refractivity contribution in [3.05, 3.63) is 0 Å². The topological polar surface area (TPSA) is 20.2 Å². The van der Waals surface area contributed by atoms with E-state index in [-0.39, 0.29) is 5.60 Å². The summed E-state index contributed by atoms with van der Waals surface area (Å²) in [6.07, 6.45) is 5.97. The van der Waals surface area contributed by atoms with Gasteiger partial charge in [-0.15, -0.1) is 0 Å². The molecule has 1 aliphatic carbocycles. The molecule has 72 valence electrons. The molecule has 1 rings (SSSR count). The second-order valence-corrected chi connectivity index (χ2v) is 4.73. The van der Waals surface area contributed by atoms with Crippen molar-refractivity contribution >= 4 is 0 Å². The first kappa shape index (κ1) is 10.0. The minimum absolute atomic E-state index is 0.366. The van der Waals surface area contributed by atoms with Crippen LogP contribution in [0.3, 0.4) is 0 Å². The fourth-order valence-electron chi connectivity index (χ4n) is 2.17. The summed E-state index contributed by atoms with van der Waals surface area (Å²) in [6, 6.07) is 0. The summed E-state index contributed by atoms with van der Waals surface area (Å²) in [6.45, 7) is 6.47. The predicted octanol–water partition coefficient (Wildman–Crippen LogP) is 2.97. The van der Waals surface area contributed by atoms with Gasteiger partial charge in [0.1, 0.15) is 0 Å². The maximum Gasteiger partial charge on any atom is 0.0650 e. The molecule has 0 spiro atoms. The maximum atomic E-state index is 10.1. The molecule has 0 radical (unpaired) electrons. The Hall–Kier alpha value is -0.0400. The van der Waals surface area contributed by atoms with Crippen LogP contribution in [0.5, 0.6) is 0 Å². The largest absolute Gasteiger partial charge is 0.390 e. The van der Waals surface area contributed by atoms with Gasteiger partial charge in [-0.25, -0.2) is 0 Å². The Balaban J connectivity index is 2.27. The highest BCUT2D eigenvalue weighted by Gasteiger charge is 2.40. The van der Waals surface area contributed by atoms with Gasteiger partial charge in [-0.05, 0) is 38.0 Å². The van der Waals surface area contributed by atoms with Gasteiger partial charge in [-0.3, -0.25) is 0 Å². The van der Waals surface area contributed by atoms with Gasteiger partial charge >= 0.3 is 0 Å². The van der Waals surface area contributed by atoms with Gasteiger partial charge < -0.3 is 5.11 Å². The van der Waals surface area contributed by atoms with Crippen LogP contribution in [-0.4, -0.2) is 10.7 Å². The highest BCUT2D eigenvalue weighted by molar-refractivity contribution is 4.91. The van der Waals surface area contributed by atoms with Gasteiger partial charge in [-0.2, -0.15) is 0 Å². The second kappa shape index (κ2) is 3.78. The molecule has 0 aromatic rings. The van der Waals surface area contributed by atoms with E-state index in [2.05, 4.69) is 13.8 Å². The average Bonchev–Trinajstić information content (AvgIpc) is 2.65. The van der Waals surface area contributed by atoms with E-state index < -0.39 is 0 Å². The molecule has 0 aromatic carbocycles. The van der Waals surface area contributed by atoms with Crippen molar-refractivity contribution in [2.45, 2.75) is 58.5 Å².